The van der Waals surface area contributed by atoms with E-state index in [0.29, 0.717) is 13.2 Å². The lowest BCUT2D eigenvalue weighted by atomic mass is 10.1. The standard InChI is InChI=1S/C22H25ClN2O2/c1-14(2)25-21-13-16(4)15(3)12-20(21)24(22(25)26)9-6-10-27-18-7-8-19(23)17(5)11-18/h7-8,11-13H,1,6,9-10H2,2-5H3. The van der Waals surface area contributed by atoms with E-state index in [0.717, 1.165) is 45.1 Å². The summed E-state index contributed by atoms with van der Waals surface area (Å²) in [6.07, 6.45) is 0.726. The Bertz CT molecular complexity index is 1080. The van der Waals surface area contributed by atoms with Crippen LogP contribution < -0.4 is 10.4 Å². The maximum atomic E-state index is 12.9. The molecule has 0 radical (unpaired) electrons. The van der Waals surface area contributed by atoms with E-state index < -0.39 is 0 Å². The molecule has 0 atom stereocenters. The Morgan fingerprint density at radius 3 is 2.37 bits per heavy atom. The normalized spacial score (nSPS) is 11.1. The van der Waals surface area contributed by atoms with Gasteiger partial charge in [0.25, 0.3) is 0 Å². The molecule has 1 heterocycles. The van der Waals surface area contributed by atoms with Crippen LogP contribution in [0, 0.1) is 20.8 Å². The molecule has 4 nitrogen and oxygen atoms in total. The molecule has 0 saturated carbocycles. The molecule has 0 aliphatic rings. The van der Waals surface area contributed by atoms with Gasteiger partial charge in [-0.15, -0.1) is 0 Å². The summed E-state index contributed by atoms with van der Waals surface area (Å²) >= 11 is 6.04. The van der Waals surface area contributed by atoms with Crippen molar-refractivity contribution >= 4 is 28.3 Å². The molecule has 3 aromatic rings. The molecule has 27 heavy (non-hydrogen) atoms. The van der Waals surface area contributed by atoms with E-state index in [-0.39, 0.29) is 5.69 Å². The third-order valence-corrected chi connectivity index (χ3v) is 5.27. The molecule has 2 aromatic carbocycles. The number of ether oxygens (including phenoxy) is 1. The van der Waals surface area contributed by atoms with Crippen LogP contribution in [-0.2, 0) is 6.54 Å². The number of allylic oxidation sites excluding steroid dienone is 1. The molecular weight excluding hydrogens is 360 g/mol. The smallest absolute Gasteiger partial charge is 0.333 e. The predicted molar refractivity (Wildman–Crippen MR) is 113 cm³/mol. The fourth-order valence-electron chi connectivity index (χ4n) is 3.21. The molecule has 0 saturated heterocycles. The zero-order valence-electron chi connectivity index (χ0n) is 16.3. The zero-order valence-corrected chi connectivity index (χ0v) is 17.1. The van der Waals surface area contributed by atoms with Gasteiger partial charge in [-0.1, -0.05) is 18.2 Å². The molecule has 0 N–H and O–H groups in total. The number of aryl methyl sites for hydroxylation is 4. The maximum Gasteiger partial charge on any atom is 0.333 e. The van der Waals surface area contributed by atoms with Gasteiger partial charge in [0, 0.05) is 17.3 Å². The van der Waals surface area contributed by atoms with Gasteiger partial charge in [-0.3, -0.25) is 9.13 Å². The quantitative estimate of drug-likeness (QED) is 0.537. The summed E-state index contributed by atoms with van der Waals surface area (Å²) in [6, 6.07) is 9.76. The Hall–Kier alpha value is -2.46. The number of nitrogens with zero attached hydrogens (tertiary/aromatic N) is 2. The summed E-state index contributed by atoms with van der Waals surface area (Å²) in [5, 5.41) is 0.729. The predicted octanol–water partition coefficient (Wildman–Crippen LogP) is 5.34. The van der Waals surface area contributed by atoms with Crippen LogP contribution in [0.15, 0.2) is 41.7 Å². The zero-order chi connectivity index (χ0) is 19.7. The van der Waals surface area contributed by atoms with Gasteiger partial charge in [0.2, 0.25) is 0 Å². The number of hydrogen-bond donors (Lipinski definition) is 0. The first-order valence-electron chi connectivity index (χ1n) is 9.07. The third kappa shape index (κ3) is 3.81. The van der Waals surface area contributed by atoms with E-state index in [1.807, 2.05) is 36.6 Å². The number of benzene rings is 2. The second-order valence-electron chi connectivity index (χ2n) is 7.04. The molecule has 0 amide bonds. The molecule has 0 unspecified atom stereocenters. The fourth-order valence-corrected chi connectivity index (χ4v) is 3.33. The number of halogens is 1. The van der Waals surface area contributed by atoms with Crippen LogP contribution in [0.25, 0.3) is 16.7 Å². The van der Waals surface area contributed by atoms with E-state index in [4.69, 9.17) is 16.3 Å². The number of imidazole rings is 1. The molecule has 5 heteroatoms. The van der Waals surface area contributed by atoms with Gasteiger partial charge in [0.15, 0.2) is 0 Å². The molecule has 142 valence electrons. The van der Waals surface area contributed by atoms with Gasteiger partial charge >= 0.3 is 5.69 Å². The molecule has 0 aliphatic carbocycles. The monoisotopic (exact) mass is 384 g/mol. The highest BCUT2D eigenvalue weighted by atomic mass is 35.5. The largest absolute Gasteiger partial charge is 0.494 e. The van der Waals surface area contributed by atoms with Gasteiger partial charge in [0.05, 0.1) is 17.6 Å². The molecular formula is C22H25ClN2O2. The van der Waals surface area contributed by atoms with Crippen LogP contribution in [0.1, 0.15) is 30.0 Å². The van der Waals surface area contributed by atoms with Crippen molar-refractivity contribution in [3.05, 3.63) is 69.1 Å². The van der Waals surface area contributed by atoms with Gasteiger partial charge in [0.1, 0.15) is 5.75 Å². The Morgan fingerprint density at radius 1 is 1.07 bits per heavy atom. The summed E-state index contributed by atoms with van der Waals surface area (Å²) in [4.78, 5) is 12.9. The SMILES string of the molecule is C=C(C)n1c(=O)n(CCCOc2ccc(Cl)c(C)c2)c2cc(C)c(C)cc21. The number of rotatable bonds is 6. The number of fused-ring (bicyclic) bond motifs is 1. The second-order valence-corrected chi connectivity index (χ2v) is 7.45. The Morgan fingerprint density at radius 2 is 1.74 bits per heavy atom. The van der Waals surface area contributed by atoms with Gasteiger partial charge < -0.3 is 4.74 Å². The molecule has 0 fully saturated rings. The van der Waals surface area contributed by atoms with Crippen molar-refractivity contribution in [1.29, 1.82) is 0 Å². The van der Waals surface area contributed by atoms with E-state index in [1.165, 1.54) is 5.56 Å². The highest BCUT2D eigenvalue weighted by molar-refractivity contribution is 6.31. The van der Waals surface area contributed by atoms with Crippen molar-refractivity contribution in [1.82, 2.24) is 9.13 Å². The van der Waals surface area contributed by atoms with Crippen LogP contribution >= 0.6 is 11.6 Å². The minimum atomic E-state index is -0.0511. The Kier molecular flexibility index (Phi) is 5.47. The topological polar surface area (TPSA) is 36.2 Å². The summed E-state index contributed by atoms with van der Waals surface area (Å²) < 4.78 is 9.31. The van der Waals surface area contributed by atoms with E-state index >= 15 is 0 Å². The first-order valence-corrected chi connectivity index (χ1v) is 9.44. The van der Waals surface area contributed by atoms with Crippen LogP contribution in [0.2, 0.25) is 5.02 Å². The van der Waals surface area contributed by atoms with E-state index in [9.17, 15) is 4.79 Å². The van der Waals surface area contributed by atoms with E-state index in [2.05, 4.69) is 32.6 Å². The van der Waals surface area contributed by atoms with Crippen LogP contribution in [-0.4, -0.2) is 15.7 Å². The average molecular weight is 385 g/mol. The lowest BCUT2D eigenvalue weighted by Gasteiger charge is -2.09. The summed E-state index contributed by atoms with van der Waals surface area (Å²) in [6.45, 7) is 13.0. The van der Waals surface area contributed by atoms with Gasteiger partial charge in [-0.05, 0) is 81.1 Å². The summed E-state index contributed by atoms with van der Waals surface area (Å²) in [5.74, 6) is 0.792. The Labute approximate surface area is 164 Å². The number of aromatic nitrogens is 2. The van der Waals surface area contributed by atoms with Crippen molar-refractivity contribution < 1.29 is 4.74 Å². The second kappa shape index (κ2) is 7.65. The highest BCUT2D eigenvalue weighted by Crippen LogP contribution is 2.22. The van der Waals surface area contributed by atoms with Crippen molar-refractivity contribution in [2.24, 2.45) is 0 Å². The average Bonchev–Trinajstić information content (AvgIpc) is 2.86. The first-order chi connectivity index (χ1) is 12.8. The van der Waals surface area contributed by atoms with Crippen molar-refractivity contribution in [3.8, 4) is 5.75 Å². The van der Waals surface area contributed by atoms with Crippen molar-refractivity contribution in [3.63, 3.8) is 0 Å². The van der Waals surface area contributed by atoms with Crippen LogP contribution in [0.3, 0.4) is 0 Å². The molecule has 1 aromatic heterocycles. The summed E-state index contributed by atoms with van der Waals surface area (Å²) in [7, 11) is 0. The van der Waals surface area contributed by atoms with Gasteiger partial charge in [-0.25, -0.2) is 4.79 Å². The van der Waals surface area contributed by atoms with Crippen molar-refractivity contribution in [2.75, 3.05) is 6.61 Å². The molecule has 0 bridgehead atoms. The minimum absolute atomic E-state index is 0.0511. The highest BCUT2D eigenvalue weighted by Gasteiger charge is 2.14. The van der Waals surface area contributed by atoms with E-state index in [1.54, 1.807) is 4.57 Å². The summed E-state index contributed by atoms with van der Waals surface area (Å²) in [5.41, 5.74) is 5.84. The lowest BCUT2D eigenvalue weighted by Crippen LogP contribution is -2.23. The Balaban J connectivity index is 1.81. The van der Waals surface area contributed by atoms with Crippen LogP contribution in [0.4, 0.5) is 0 Å². The number of hydrogen-bond acceptors (Lipinski definition) is 2. The molecule has 0 spiro atoms. The fraction of sp³-hybridized carbons (Fsp3) is 0.318. The van der Waals surface area contributed by atoms with Gasteiger partial charge in [-0.2, -0.15) is 0 Å². The third-order valence-electron chi connectivity index (χ3n) is 4.85. The van der Waals surface area contributed by atoms with Crippen molar-refractivity contribution in [2.45, 2.75) is 40.7 Å². The molecule has 3 rings (SSSR count). The minimum Gasteiger partial charge on any atom is -0.494 e. The maximum absolute atomic E-state index is 12.9. The van der Waals surface area contributed by atoms with Crippen LogP contribution in [0.5, 0.6) is 5.75 Å². The molecule has 0 aliphatic heterocycles. The first kappa shape index (κ1) is 19.3. The lowest BCUT2D eigenvalue weighted by molar-refractivity contribution is 0.301.